The zero-order valence-corrected chi connectivity index (χ0v) is 21.8. The van der Waals surface area contributed by atoms with Crippen molar-refractivity contribution in [2.24, 2.45) is 0 Å². The summed E-state index contributed by atoms with van der Waals surface area (Å²) in [4.78, 5) is 40.2. The van der Waals surface area contributed by atoms with E-state index in [0.29, 0.717) is 24.4 Å². The van der Waals surface area contributed by atoms with Crippen LogP contribution in [0.5, 0.6) is 5.75 Å². The van der Waals surface area contributed by atoms with Gasteiger partial charge in [-0.05, 0) is 48.7 Å². The number of carbonyl (C=O) groups is 3. The molecule has 8 nitrogen and oxygen atoms in total. The number of amides is 2. The van der Waals surface area contributed by atoms with E-state index in [1.807, 2.05) is 54.6 Å². The van der Waals surface area contributed by atoms with Crippen LogP contribution >= 0.6 is 0 Å². The van der Waals surface area contributed by atoms with Gasteiger partial charge in [-0.2, -0.15) is 0 Å². The molecule has 38 heavy (non-hydrogen) atoms. The Hall–Kier alpha value is -4.17. The van der Waals surface area contributed by atoms with Crippen LogP contribution in [-0.4, -0.2) is 55.7 Å². The number of rotatable bonds is 8. The molecule has 0 radical (unpaired) electrons. The summed E-state index contributed by atoms with van der Waals surface area (Å²) in [7, 11) is 1.73. The summed E-state index contributed by atoms with van der Waals surface area (Å²) in [6.45, 7) is 3.50. The van der Waals surface area contributed by atoms with Gasteiger partial charge in [-0.1, -0.05) is 48.5 Å². The molecule has 2 amide bonds. The third-order valence-corrected chi connectivity index (χ3v) is 6.56. The Morgan fingerprint density at radius 2 is 1.58 bits per heavy atom. The van der Waals surface area contributed by atoms with Gasteiger partial charge in [-0.25, -0.2) is 4.79 Å². The van der Waals surface area contributed by atoms with Gasteiger partial charge in [0.25, 0.3) is 0 Å². The molecule has 0 aliphatic carbocycles. The molecular formula is C30H33N3O5. The highest BCUT2D eigenvalue weighted by Crippen LogP contribution is 2.28. The lowest BCUT2D eigenvalue weighted by Crippen LogP contribution is -2.40. The summed E-state index contributed by atoms with van der Waals surface area (Å²) in [6, 6.07) is 24.4. The molecule has 1 fully saturated rings. The fraction of sp³-hybridized carbons (Fsp3) is 0.300. The topological polar surface area (TPSA) is 88.2 Å². The number of benzene rings is 3. The fourth-order valence-corrected chi connectivity index (χ4v) is 4.47. The van der Waals surface area contributed by atoms with Crippen molar-refractivity contribution in [1.29, 1.82) is 0 Å². The van der Waals surface area contributed by atoms with E-state index in [-0.39, 0.29) is 18.0 Å². The minimum absolute atomic E-state index is 0.0000638. The molecule has 0 bridgehead atoms. The van der Waals surface area contributed by atoms with Gasteiger partial charge >= 0.3 is 12.1 Å². The van der Waals surface area contributed by atoms with Crippen LogP contribution in [0.2, 0.25) is 0 Å². The van der Waals surface area contributed by atoms with Gasteiger partial charge in [0, 0.05) is 51.3 Å². The predicted molar refractivity (Wildman–Crippen MR) is 147 cm³/mol. The Kier molecular flexibility index (Phi) is 9.11. The second-order valence-electron chi connectivity index (χ2n) is 9.27. The van der Waals surface area contributed by atoms with E-state index in [1.54, 1.807) is 36.2 Å². The number of likely N-dealkylation sites (tertiary alicyclic amines) is 1. The van der Waals surface area contributed by atoms with Gasteiger partial charge in [0.15, 0.2) is 0 Å². The number of ether oxygens (including phenoxy) is 2. The molecule has 0 unspecified atom stereocenters. The number of piperidine rings is 1. The van der Waals surface area contributed by atoms with Crippen LogP contribution in [0.4, 0.5) is 16.2 Å². The highest BCUT2D eigenvalue weighted by Gasteiger charge is 2.23. The van der Waals surface area contributed by atoms with Crippen molar-refractivity contribution >= 4 is 29.3 Å². The van der Waals surface area contributed by atoms with Crippen molar-refractivity contribution in [3.8, 4) is 16.9 Å². The van der Waals surface area contributed by atoms with E-state index in [0.717, 1.165) is 42.7 Å². The highest BCUT2D eigenvalue weighted by molar-refractivity contribution is 5.93. The van der Waals surface area contributed by atoms with E-state index in [1.165, 1.54) is 6.92 Å². The van der Waals surface area contributed by atoms with Crippen LogP contribution in [0.25, 0.3) is 11.1 Å². The molecule has 4 rings (SSSR count). The standard InChI is InChI=1S/C30H33N3O5/c1-22(34)37-25-14-12-24(13-15-25)32(2)29(35)18-21-33-19-16-26(17-20-33)38-30(36)31-28-11-7-6-10-27(28)23-8-4-3-5-9-23/h3-15,26H,16-21H2,1-2H3,(H,31,36). The van der Waals surface area contributed by atoms with E-state index in [2.05, 4.69) is 10.2 Å². The SMILES string of the molecule is CC(=O)Oc1ccc(N(C)C(=O)CCN2CCC(OC(=O)Nc3ccccc3-c3ccccc3)CC2)cc1. The lowest BCUT2D eigenvalue weighted by molar-refractivity contribution is -0.131. The van der Waals surface area contributed by atoms with Crippen molar-refractivity contribution in [2.75, 3.05) is 36.9 Å². The van der Waals surface area contributed by atoms with Crippen LogP contribution < -0.4 is 15.0 Å². The lowest BCUT2D eigenvalue weighted by atomic mass is 10.0. The third-order valence-electron chi connectivity index (χ3n) is 6.56. The van der Waals surface area contributed by atoms with E-state index < -0.39 is 6.09 Å². The average Bonchev–Trinajstić information content (AvgIpc) is 2.93. The largest absolute Gasteiger partial charge is 0.446 e. The minimum atomic E-state index is -0.455. The van der Waals surface area contributed by atoms with Crippen LogP contribution in [0, 0.1) is 0 Å². The zero-order valence-electron chi connectivity index (χ0n) is 21.8. The monoisotopic (exact) mass is 515 g/mol. The summed E-state index contributed by atoms with van der Waals surface area (Å²) >= 11 is 0. The zero-order chi connectivity index (χ0) is 26.9. The van der Waals surface area contributed by atoms with E-state index in [9.17, 15) is 14.4 Å². The lowest BCUT2D eigenvalue weighted by Gasteiger charge is -2.31. The first kappa shape index (κ1) is 26.9. The number of hydrogen-bond donors (Lipinski definition) is 1. The summed E-state index contributed by atoms with van der Waals surface area (Å²) in [5.41, 5.74) is 3.41. The molecule has 1 N–H and O–H groups in total. The Morgan fingerprint density at radius 3 is 2.26 bits per heavy atom. The van der Waals surface area contributed by atoms with Crippen molar-refractivity contribution in [3.05, 3.63) is 78.9 Å². The second kappa shape index (κ2) is 12.9. The van der Waals surface area contributed by atoms with Gasteiger partial charge in [0.1, 0.15) is 11.9 Å². The molecule has 0 spiro atoms. The number of anilines is 2. The van der Waals surface area contributed by atoms with Gasteiger partial charge in [0.05, 0.1) is 5.69 Å². The average molecular weight is 516 g/mol. The van der Waals surface area contributed by atoms with Crippen LogP contribution in [0.3, 0.4) is 0 Å². The van der Waals surface area contributed by atoms with Crippen molar-refractivity contribution in [1.82, 2.24) is 4.90 Å². The number of hydrogen-bond acceptors (Lipinski definition) is 6. The molecule has 3 aromatic carbocycles. The van der Waals surface area contributed by atoms with Crippen LogP contribution in [0.1, 0.15) is 26.2 Å². The van der Waals surface area contributed by atoms with E-state index in [4.69, 9.17) is 9.47 Å². The maximum atomic E-state index is 12.7. The summed E-state index contributed by atoms with van der Waals surface area (Å²) in [6.07, 6.45) is 1.20. The minimum Gasteiger partial charge on any atom is -0.446 e. The number of nitrogens with one attached hydrogen (secondary N) is 1. The quantitative estimate of drug-likeness (QED) is 0.322. The normalized spacial score (nSPS) is 13.9. The number of carbonyl (C=O) groups excluding carboxylic acids is 3. The Bertz CT molecular complexity index is 1240. The number of nitrogens with zero attached hydrogens (tertiary/aromatic N) is 2. The second-order valence-corrected chi connectivity index (χ2v) is 9.27. The van der Waals surface area contributed by atoms with Crippen LogP contribution in [-0.2, 0) is 14.3 Å². The molecule has 1 aliphatic heterocycles. The smallest absolute Gasteiger partial charge is 0.411 e. The van der Waals surface area contributed by atoms with Gasteiger partial charge < -0.3 is 19.3 Å². The Balaban J connectivity index is 1.20. The molecule has 8 heteroatoms. The first-order chi connectivity index (χ1) is 18.4. The highest BCUT2D eigenvalue weighted by atomic mass is 16.6. The fourth-order valence-electron chi connectivity index (χ4n) is 4.47. The molecule has 3 aromatic rings. The molecule has 1 saturated heterocycles. The molecule has 0 aromatic heterocycles. The molecule has 1 heterocycles. The van der Waals surface area contributed by atoms with Gasteiger partial charge in [0.2, 0.25) is 5.91 Å². The van der Waals surface area contributed by atoms with Crippen molar-refractivity contribution < 1.29 is 23.9 Å². The third kappa shape index (κ3) is 7.43. The summed E-state index contributed by atoms with van der Waals surface area (Å²) in [5, 5.41) is 2.90. The first-order valence-electron chi connectivity index (χ1n) is 12.8. The first-order valence-corrected chi connectivity index (χ1v) is 12.8. The number of esters is 1. The van der Waals surface area contributed by atoms with Gasteiger partial charge in [-0.3, -0.25) is 14.9 Å². The maximum Gasteiger partial charge on any atom is 0.411 e. The molecular weight excluding hydrogens is 482 g/mol. The Morgan fingerprint density at radius 1 is 0.921 bits per heavy atom. The Labute approximate surface area is 223 Å². The molecule has 198 valence electrons. The van der Waals surface area contributed by atoms with Crippen molar-refractivity contribution in [3.63, 3.8) is 0 Å². The summed E-state index contributed by atoms with van der Waals surface area (Å²) < 4.78 is 10.7. The molecule has 0 saturated carbocycles. The van der Waals surface area contributed by atoms with Crippen LogP contribution in [0.15, 0.2) is 78.9 Å². The predicted octanol–water partition coefficient (Wildman–Crippen LogP) is 5.34. The summed E-state index contributed by atoms with van der Waals surface area (Å²) in [5.74, 6) is 0.0618. The van der Waals surface area contributed by atoms with Gasteiger partial charge in [-0.15, -0.1) is 0 Å². The van der Waals surface area contributed by atoms with E-state index >= 15 is 0 Å². The molecule has 1 aliphatic rings. The molecule has 0 atom stereocenters. The maximum absolute atomic E-state index is 12.7. The van der Waals surface area contributed by atoms with Crippen molar-refractivity contribution in [2.45, 2.75) is 32.3 Å². The number of para-hydroxylation sites is 1.